The summed E-state index contributed by atoms with van der Waals surface area (Å²) in [6.45, 7) is 12.7. The van der Waals surface area contributed by atoms with Gasteiger partial charge in [-0.25, -0.2) is 0 Å². The van der Waals surface area contributed by atoms with Gasteiger partial charge in [0.25, 0.3) is 0 Å². The highest BCUT2D eigenvalue weighted by molar-refractivity contribution is 5.59. The molecule has 1 heterocycles. The minimum atomic E-state index is 0.243. The summed E-state index contributed by atoms with van der Waals surface area (Å²) in [5, 5.41) is 3.62. The van der Waals surface area contributed by atoms with Crippen molar-refractivity contribution >= 4 is 5.69 Å². The van der Waals surface area contributed by atoms with Crippen LogP contribution in [0.3, 0.4) is 0 Å². The van der Waals surface area contributed by atoms with Gasteiger partial charge in [-0.3, -0.25) is 0 Å². The number of rotatable bonds is 5. The topological polar surface area (TPSA) is 12.0 Å². The molecular weight excluding hydrogens is 242 g/mol. The van der Waals surface area contributed by atoms with Crippen LogP contribution in [-0.4, -0.2) is 6.54 Å². The highest BCUT2D eigenvalue weighted by Crippen LogP contribution is 2.41. The van der Waals surface area contributed by atoms with Gasteiger partial charge in [0.1, 0.15) is 0 Å². The highest BCUT2D eigenvalue weighted by Gasteiger charge is 2.29. The van der Waals surface area contributed by atoms with Crippen molar-refractivity contribution < 1.29 is 0 Å². The van der Waals surface area contributed by atoms with E-state index in [1.165, 1.54) is 36.9 Å². The molecule has 0 spiro atoms. The molecule has 1 aromatic rings. The Bertz CT molecular complexity index is 442. The van der Waals surface area contributed by atoms with Crippen molar-refractivity contribution in [1.29, 1.82) is 0 Å². The van der Waals surface area contributed by atoms with E-state index in [2.05, 4.69) is 58.1 Å². The Balaban J connectivity index is 2.25. The van der Waals surface area contributed by atoms with Crippen molar-refractivity contribution in [2.45, 2.75) is 71.6 Å². The summed E-state index contributed by atoms with van der Waals surface area (Å²) in [5.41, 5.74) is 4.65. The monoisotopic (exact) mass is 273 g/mol. The van der Waals surface area contributed by atoms with E-state index in [4.69, 9.17) is 0 Å². The van der Waals surface area contributed by atoms with Crippen molar-refractivity contribution in [1.82, 2.24) is 0 Å². The molecule has 0 saturated heterocycles. The molecule has 1 N–H and O–H groups in total. The lowest BCUT2D eigenvalue weighted by Crippen LogP contribution is -2.15. The van der Waals surface area contributed by atoms with Gasteiger partial charge in [0.2, 0.25) is 0 Å². The molecule has 0 fully saturated rings. The molecule has 2 rings (SSSR count). The van der Waals surface area contributed by atoms with Crippen LogP contribution in [0, 0.1) is 5.92 Å². The Morgan fingerprint density at radius 2 is 2.00 bits per heavy atom. The van der Waals surface area contributed by atoms with Crippen molar-refractivity contribution in [3.8, 4) is 0 Å². The molecule has 2 unspecified atom stereocenters. The van der Waals surface area contributed by atoms with Crippen LogP contribution in [-0.2, 0) is 5.41 Å². The third-order valence-corrected chi connectivity index (χ3v) is 4.85. The van der Waals surface area contributed by atoms with Gasteiger partial charge in [-0.05, 0) is 34.9 Å². The minimum absolute atomic E-state index is 0.243. The number of benzene rings is 1. The number of unbranched alkanes of at least 4 members (excludes halogenated alkanes) is 1. The zero-order valence-electron chi connectivity index (χ0n) is 13.9. The van der Waals surface area contributed by atoms with E-state index in [9.17, 15) is 0 Å². The molecule has 0 bridgehead atoms. The number of fused-ring (bicyclic) bond motifs is 1. The smallest absolute Gasteiger partial charge is 0.0376 e. The largest absolute Gasteiger partial charge is 0.384 e. The molecule has 1 nitrogen and oxygen atoms in total. The maximum absolute atomic E-state index is 3.62. The predicted octanol–water partition coefficient (Wildman–Crippen LogP) is 5.71. The second-order valence-corrected chi connectivity index (χ2v) is 7.35. The van der Waals surface area contributed by atoms with Gasteiger partial charge in [-0.15, -0.1) is 0 Å². The first kappa shape index (κ1) is 15.4. The lowest BCUT2D eigenvalue weighted by atomic mass is 9.79. The molecule has 0 radical (unpaired) electrons. The SMILES string of the molecule is CCCCC(CC)C1CNc2ccc(C(C)(C)C)cc21. The first-order valence-electron chi connectivity index (χ1n) is 8.35. The second kappa shape index (κ2) is 6.20. The van der Waals surface area contributed by atoms with E-state index in [0.717, 1.165) is 12.5 Å². The molecule has 0 aliphatic carbocycles. The average Bonchev–Trinajstić information content (AvgIpc) is 2.82. The van der Waals surface area contributed by atoms with E-state index >= 15 is 0 Å². The molecular formula is C19H31N. The van der Waals surface area contributed by atoms with Crippen molar-refractivity contribution in [2.24, 2.45) is 5.92 Å². The van der Waals surface area contributed by atoms with Crippen molar-refractivity contribution in [3.05, 3.63) is 29.3 Å². The van der Waals surface area contributed by atoms with Crippen LogP contribution >= 0.6 is 0 Å². The predicted molar refractivity (Wildman–Crippen MR) is 89.7 cm³/mol. The Kier molecular flexibility index (Phi) is 4.78. The van der Waals surface area contributed by atoms with Crippen LogP contribution in [0.15, 0.2) is 18.2 Å². The van der Waals surface area contributed by atoms with E-state index in [-0.39, 0.29) is 5.41 Å². The fourth-order valence-electron chi connectivity index (χ4n) is 3.40. The molecule has 1 aliphatic rings. The van der Waals surface area contributed by atoms with Gasteiger partial charge in [0, 0.05) is 18.2 Å². The molecule has 1 aromatic carbocycles. The maximum Gasteiger partial charge on any atom is 0.0376 e. The van der Waals surface area contributed by atoms with Gasteiger partial charge in [0.15, 0.2) is 0 Å². The number of hydrogen-bond acceptors (Lipinski definition) is 1. The third kappa shape index (κ3) is 3.19. The van der Waals surface area contributed by atoms with Crippen molar-refractivity contribution in [2.75, 3.05) is 11.9 Å². The molecule has 20 heavy (non-hydrogen) atoms. The quantitative estimate of drug-likeness (QED) is 0.724. The second-order valence-electron chi connectivity index (χ2n) is 7.35. The zero-order chi connectivity index (χ0) is 14.8. The van der Waals surface area contributed by atoms with Crippen LogP contribution in [0.1, 0.15) is 77.3 Å². The van der Waals surface area contributed by atoms with Crippen LogP contribution < -0.4 is 5.32 Å². The number of hydrogen-bond donors (Lipinski definition) is 1. The molecule has 0 saturated carbocycles. The summed E-state index contributed by atoms with van der Waals surface area (Å²) in [6, 6.07) is 7.05. The summed E-state index contributed by atoms with van der Waals surface area (Å²) in [6.07, 6.45) is 5.35. The van der Waals surface area contributed by atoms with Gasteiger partial charge < -0.3 is 5.32 Å². The third-order valence-electron chi connectivity index (χ3n) is 4.85. The normalized spacial score (nSPS) is 19.6. The Hall–Kier alpha value is -0.980. The fourth-order valence-corrected chi connectivity index (χ4v) is 3.40. The van der Waals surface area contributed by atoms with Gasteiger partial charge >= 0.3 is 0 Å². The summed E-state index contributed by atoms with van der Waals surface area (Å²) >= 11 is 0. The van der Waals surface area contributed by atoms with Crippen LogP contribution in [0.5, 0.6) is 0 Å². The van der Waals surface area contributed by atoms with E-state index in [1.807, 2.05) is 0 Å². The van der Waals surface area contributed by atoms with E-state index in [1.54, 1.807) is 5.56 Å². The lowest BCUT2D eigenvalue weighted by Gasteiger charge is -2.24. The van der Waals surface area contributed by atoms with Gasteiger partial charge in [-0.2, -0.15) is 0 Å². The average molecular weight is 273 g/mol. The molecule has 1 aliphatic heterocycles. The van der Waals surface area contributed by atoms with E-state index in [0.29, 0.717) is 5.92 Å². The highest BCUT2D eigenvalue weighted by atomic mass is 14.9. The number of nitrogens with one attached hydrogen (secondary N) is 1. The molecule has 112 valence electrons. The molecule has 1 heteroatoms. The Labute approximate surface area is 125 Å². The van der Waals surface area contributed by atoms with Crippen LogP contribution in [0.25, 0.3) is 0 Å². The van der Waals surface area contributed by atoms with E-state index < -0.39 is 0 Å². The minimum Gasteiger partial charge on any atom is -0.384 e. The molecule has 0 amide bonds. The van der Waals surface area contributed by atoms with Crippen LogP contribution in [0.2, 0.25) is 0 Å². The number of anilines is 1. The maximum atomic E-state index is 3.62. The fraction of sp³-hybridized carbons (Fsp3) is 0.684. The summed E-state index contributed by atoms with van der Waals surface area (Å²) in [4.78, 5) is 0. The Morgan fingerprint density at radius 3 is 2.60 bits per heavy atom. The molecule has 2 atom stereocenters. The van der Waals surface area contributed by atoms with Crippen molar-refractivity contribution in [3.63, 3.8) is 0 Å². The molecule has 0 aromatic heterocycles. The summed E-state index contributed by atoms with van der Waals surface area (Å²) < 4.78 is 0. The summed E-state index contributed by atoms with van der Waals surface area (Å²) in [7, 11) is 0. The summed E-state index contributed by atoms with van der Waals surface area (Å²) in [5.74, 6) is 1.54. The zero-order valence-corrected chi connectivity index (χ0v) is 13.9. The van der Waals surface area contributed by atoms with Crippen LogP contribution in [0.4, 0.5) is 5.69 Å². The van der Waals surface area contributed by atoms with Gasteiger partial charge in [0.05, 0.1) is 0 Å². The standard InChI is InChI=1S/C19H31N/c1-6-8-9-14(7-2)17-13-20-18-11-10-15(12-16(17)18)19(3,4)5/h10-12,14,17,20H,6-9,13H2,1-5H3. The first-order valence-corrected chi connectivity index (χ1v) is 8.35. The first-order chi connectivity index (χ1) is 9.47. The lowest BCUT2D eigenvalue weighted by molar-refractivity contribution is 0.389. The Morgan fingerprint density at radius 1 is 1.25 bits per heavy atom. The van der Waals surface area contributed by atoms with Gasteiger partial charge in [-0.1, -0.05) is 66.0 Å².